The van der Waals surface area contributed by atoms with Gasteiger partial charge in [0.25, 0.3) is 0 Å². The highest BCUT2D eigenvalue weighted by atomic mass is 32.2. The number of rotatable bonds is 7. The van der Waals surface area contributed by atoms with Crippen molar-refractivity contribution >= 4 is 34.7 Å². The number of methoxy groups -OCH3 is 1. The van der Waals surface area contributed by atoms with Crippen LogP contribution in [0.2, 0.25) is 0 Å². The number of carbonyl (C=O) groups excluding carboxylic acids is 2. The van der Waals surface area contributed by atoms with E-state index < -0.39 is 5.91 Å². The van der Waals surface area contributed by atoms with Crippen molar-refractivity contribution in [3.8, 4) is 0 Å². The SMILES string of the molecule is COC(=O)c1ccc(CSc2nc3cc(C(N)=O)ccc3n2Cc2ccc(F)cc2)cc1. The topological polar surface area (TPSA) is 87.2 Å². The average Bonchev–Trinajstić information content (AvgIpc) is 3.15. The number of nitrogens with two attached hydrogens (primary N) is 1. The molecule has 1 heterocycles. The molecule has 0 fully saturated rings. The fourth-order valence-electron chi connectivity index (χ4n) is 3.30. The van der Waals surface area contributed by atoms with Crippen molar-refractivity contribution in [2.24, 2.45) is 5.73 Å². The maximum Gasteiger partial charge on any atom is 0.337 e. The van der Waals surface area contributed by atoms with Crippen LogP contribution in [0, 0.1) is 5.82 Å². The number of amides is 1. The molecule has 3 aromatic carbocycles. The quantitative estimate of drug-likeness (QED) is 0.334. The number of thioether (sulfide) groups is 1. The standard InChI is InChI=1S/C24H20FN3O3S/c1-31-23(30)17-6-2-16(3-7-17)14-32-24-27-20-12-18(22(26)29)8-11-21(20)28(24)13-15-4-9-19(25)10-5-15/h2-12H,13-14H2,1H3,(H2,26,29). The van der Waals surface area contributed by atoms with Gasteiger partial charge in [-0.25, -0.2) is 14.2 Å². The second kappa shape index (κ2) is 9.23. The molecule has 0 atom stereocenters. The summed E-state index contributed by atoms with van der Waals surface area (Å²) in [4.78, 5) is 27.9. The Morgan fingerprint density at radius 1 is 1.00 bits per heavy atom. The Labute approximate surface area is 188 Å². The van der Waals surface area contributed by atoms with Gasteiger partial charge in [-0.1, -0.05) is 36.0 Å². The first-order valence-electron chi connectivity index (χ1n) is 9.79. The van der Waals surface area contributed by atoms with E-state index in [0.717, 1.165) is 21.8 Å². The van der Waals surface area contributed by atoms with Crippen molar-refractivity contribution in [2.75, 3.05) is 7.11 Å². The van der Waals surface area contributed by atoms with Gasteiger partial charge in [0.05, 0.1) is 30.3 Å². The van der Waals surface area contributed by atoms with Crippen LogP contribution in [0.15, 0.2) is 71.9 Å². The van der Waals surface area contributed by atoms with E-state index in [1.165, 1.54) is 31.0 Å². The van der Waals surface area contributed by atoms with Crippen LogP contribution < -0.4 is 5.73 Å². The predicted molar refractivity (Wildman–Crippen MR) is 121 cm³/mol. The minimum Gasteiger partial charge on any atom is -0.465 e. The number of fused-ring (bicyclic) bond motifs is 1. The third-order valence-corrected chi connectivity index (χ3v) is 6.04. The van der Waals surface area contributed by atoms with Gasteiger partial charge in [-0.3, -0.25) is 4.79 Å². The zero-order valence-corrected chi connectivity index (χ0v) is 18.1. The van der Waals surface area contributed by atoms with Gasteiger partial charge in [-0.2, -0.15) is 0 Å². The molecule has 0 saturated carbocycles. The Kier molecular flexibility index (Phi) is 6.23. The summed E-state index contributed by atoms with van der Waals surface area (Å²) >= 11 is 1.53. The lowest BCUT2D eigenvalue weighted by atomic mass is 10.1. The molecule has 0 bridgehead atoms. The molecule has 0 aliphatic heterocycles. The largest absolute Gasteiger partial charge is 0.465 e. The summed E-state index contributed by atoms with van der Waals surface area (Å²) in [6, 6.07) is 18.7. The van der Waals surface area contributed by atoms with Gasteiger partial charge >= 0.3 is 5.97 Å². The molecule has 0 radical (unpaired) electrons. The smallest absolute Gasteiger partial charge is 0.337 e. The molecule has 1 aromatic heterocycles. The van der Waals surface area contributed by atoms with Crippen LogP contribution >= 0.6 is 11.8 Å². The van der Waals surface area contributed by atoms with Crippen LogP contribution in [0.3, 0.4) is 0 Å². The number of carbonyl (C=O) groups is 2. The number of imidazole rings is 1. The van der Waals surface area contributed by atoms with Crippen molar-refractivity contribution in [2.45, 2.75) is 17.5 Å². The zero-order valence-electron chi connectivity index (χ0n) is 17.2. The van der Waals surface area contributed by atoms with Gasteiger partial charge in [0.2, 0.25) is 5.91 Å². The second-order valence-corrected chi connectivity index (χ2v) is 8.09. The molecule has 1 amide bonds. The lowest BCUT2D eigenvalue weighted by Crippen LogP contribution is -2.10. The summed E-state index contributed by atoms with van der Waals surface area (Å²) in [5.41, 5.74) is 9.74. The van der Waals surface area contributed by atoms with Crippen LogP contribution in [-0.2, 0) is 17.0 Å². The van der Waals surface area contributed by atoms with Crippen LogP contribution in [0.1, 0.15) is 31.8 Å². The highest BCUT2D eigenvalue weighted by Crippen LogP contribution is 2.28. The highest BCUT2D eigenvalue weighted by Gasteiger charge is 2.14. The minimum atomic E-state index is -0.514. The van der Waals surface area contributed by atoms with E-state index in [1.54, 1.807) is 36.4 Å². The van der Waals surface area contributed by atoms with Gasteiger partial charge < -0.3 is 15.0 Å². The van der Waals surface area contributed by atoms with Crippen LogP contribution in [-0.4, -0.2) is 28.5 Å². The van der Waals surface area contributed by atoms with E-state index in [0.29, 0.717) is 28.9 Å². The highest BCUT2D eigenvalue weighted by molar-refractivity contribution is 7.98. The summed E-state index contributed by atoms with van der Waals surface area (Å²) in [6.07, 6.45) is 0. The third kappa shape index (κ3) is 4.65. The summed E-state index contributed by atoms with van der Waals surface area (Å²) in [6.45, 7) is 0.496. The number of halogens is 1. The fourth-order valence-corrected chi connectivity index (χ4v) is 4.27. The van der Waals surface area contributed by atoms with Crippen LogP contribution in [0.5, 0.6) is 0 Å². The number of hydrogen-bond donors (Lipinski definition) is 1. The van der Waals surface area contributed by atoms with Crippen molar-refractivity contribution in [1.82, 2.24) is 9.55 Å². The second-order valence-electron chi connectivity index (χ2n) is 7.15. The minimum absolute atomic E-state index is 0.291. The lowest BCUT2D eigenvalue weighted by Gasteiger charge is -2.10. The lowest BCUT2D eigenvalue weighted by molar-refractivity contribution is 0.0600. The van der Waals surface area contributed by atoms with Gasteiger partial charge in [-0.05, 0) is 53.6 Å². The Hall–Kier alpha value is -3.65. The molecular weight excluding hydrogens is 429 g/mol. The summed E-state index contributed by atoms with van der Waals surface area (Å²) in [5.74, 6) is -0.563. The number of benzene rings is 3. The Morgan fingerprint density at radius 2 is 1.66 bits per heavy atom. The molecule has 162 valence electrons. The van der Waals surface area contributed by atoms with Gasteiger partial charge in [0.1, 0.15) is 5.82 Å². The van der Waals surface area contributed by atoms with Gasteiger partial charge in [0, 0.05) is 11.3 Å². The fraction of sp³-hybridized carbons (Fsp3) is 0.125. The van der Waals surface area contributed by atoms with Crippen LogP contribution in [0.25, 0.3) is 11.0 Å². The first-order chi connectivity index (χ1) is 15.4. The normalized spacial score (nSPS) is 10.9. The predicted octanol–water partition coefficient (Wildman–Crippen LogP) is 4.40. The van der Waals surface area contributed by atoms with Crippen molar-refractivity contribution < 1.29 is 18.7 Å². The molecule has 0 aliphatic carbocycles. The number of aromatic nitrogens is 2. The summed E-state index contributed by atoms with van der Waals surface area (Å²) in [7, 11) is 1.35. The number of hydrogen-bond acceptors (Lipinski definition) is 5. The Bertz CT molecular complexity index is 1280. The van der Waals surface area contributed by atoms with E-state index in [2.05, 4.69) is 0 Å². The maximum atomic E-state index is 13.3. The van der Waals surface area contributed by atoms with Crippen LogP contribution in [0.4, 0.5) is 4.39 Å². The number of nitrogens with zero attached hydrogens (tertiary/aromatic N) is 2. The molecule has 6 nitrogen and oxygen atoms in total. The molecule has 32 heavy (non-hydrogen) atoms. The van der Waals surface area contributed by atoms with Crippen molar-refractivity contribution in [3.63, 3.8) is 0 Å². The zero-order chi connectivity index (χ0) is 22.7. The molecule has 4 rings (SSSR count). The Balaban J connectivity index is 1.64. The summed E-state index contributed by atoms with van der Waals surface area (Å²) < 4.78 is 20.1. The number of primary amides is 1. The monoisotopic (exact) mass is 449 g/mol. The molecule has 0 saturated heterocycles. The molecule has 8 heteroatoms. The molecule has 2 N–H and O–H groups in total. The van der Waals surface area contributed by atoms with Crippen molar-refractivity contribution in [1.29, 1.82) is 0 Å². The van der Waals surface area contributed by atoms with Gasteiger partial charge in [-0.15, -0.1) is 0 Å². The number of esters is 1. The van der Waals surface area contributed by atoms with E-state index in [-0.39, 0.29) is 11.8 Å². The first kappa shape index (κ1) is 21.6. The molecule has 0 aliphatic rings. The summed E-state index contributed by atoms with van der Waals surface area (Å²) in [5, 5.41) is 0.753. The van der Waals surface area contributed by atoms with E-state index in [9.17, 15) is 14.0 Å². The Morgan fingerprint density at radius 3 is 2.31 bits per heavy atom. The first-order valence-corrected chi connectivity index (χ1v) is 10.8. The maximum absolute atomic E-state index is 13.3. The number of ether oxygens (including phenoxy) is 1. The third-order valence-electron chi connectivity index (χ3n) is 4.99. The van der Waals surface area contributed by atoms with Gasteiger partial charge in [0.15, 0.2) is 5.16 Å². The van der Waals surface area contributed by atoms with Crippen molar-refractivity contribution in [3.05, 3.63) is 94.8 Å². The molecule has 4 aromatic rings. The van der Waals surface area contributed by atoms with E-state index in [4.69, 9.17) is 15.5 Å². The average molecular weight is 450 g/mol. The molecule has 0 unspecified atom stereocenters. The molecule has 0 spiro atoms. The van der Waals surface area contributed by atoms with E-state index >= 15 is 0 Å². The molecular formula is C24H20FN3O3S. The van der Waals surface area contributed by atoms with E-state index in [1.807, 2.05) is 22.8 Å².